The minimum atomic E-state index is -0.297. The minimum absolute atomic E-state index is 0.122. The van der Waals surface area contributed by atoms with Crippen LogP contribution >= 0.6 is 11.6 Å². The highest BCUT2D eigenvalue weighted by atomic mass is 35.5. The fourth-order valence-corrected chi connectivity index (χ4v) is 2.01. The lowest BCUT2D eigenvalue weighted by Gasteiger charge is -2.11. The van der Waals surface area contributed by atoms with Crippen molar-refractivity contribution >= 4 is 23.2 Å². The molecule has 5 nitrogen and oxygen atoms in total. The summed E-state index contributed by atoms with van der Waals surface area (Å²) >= 11 is 5.93. The number of pyridine rings is 1. The van der Waals surface area contributed by atoms with E-state index in [4.69, 9.17) is 16.3 Å². The summed E-state index contributed by atoms with van der Waals surface area (Å²) in [5.41, 5.74) is 2.05. The molecule has 0 saturated carbocycles. The molecule has 1 N–H and O–H groups in total. The van der Waals surface area contributed by atoms with E-state index in [0.29, 0.717) is 22.0 Å². The number of aromatic nitrogens is 1. The van der Waals surface area contributed by atoms with E-state index in [1.807, 2.05) is 6.92 Å². The van der Waals surface area contributed by atoms with Gasteiger partial charge < -0.3 is 14.6 Å². The number of carbonyl (C=O) groups is 1. The highest BCUT2D eigenvalue weighted by Crippen LogP contribution is 2.21. The van der Waals surface area contributed by atoms with Gasteiger partial charge >= 0.3 is 0 Å². The standard InChI is InChI=1S/C16H17ClN2O3/c1-10-6-12(4-5-13(10)17)22-9-15(20)18-14-8-19(3)16(21)7-11(14)2/h4-8H,9H2,1-3H3,(H,18,20). The molecule has 0 atom stereocenters. The summed E-state index contributed by atoms with van der Waals surface area (Å²) in [6.07, 6.45) is 1.59. The number of nitrogens with zero attached hydrogens (tertiary/aromatic N) is 1. The molecule has 2 rings (SSSR count). The molecular weight excluding hydrogens is 304 g/mol. The van der Waals surface area contributed by atoms with Crippen molar-refractivity contribution in [2.75, 3.05) is 11.9 Å². The Balaban J connectivity index is 2.00. The Morgan fingerprint density at radius 2 is 2.00 bits per heavy atom. The van der Waals surface area contributed by atoms with Crippen LogP contribution in [0.25, 0.3) is 0 Å². The van der Waals surface area contributed by atoms with Crippen molar-refractivity contribution in [3.8, 4) is 5.75 Å². The Hall–Kier alpha value is -2.27. The first-order chi connectivity index (χ1) is 10.4. The number of halogens is 1. The number of carbonyl (C=O) groups excluding carboxylic acids is 1. The smallest absolute Gasteiger partial charge is 0.262 e. The Kier molecular flexibility index (Phi) is 4.88. The molecule has 0 fully saturated rings. The number of nitrogens with one attached hydrogen (secondary N) is 1. The second kappa shape index (κ2) is 6.66. The first kappa shape index (κ1) is 16.1. The maximum absolute atomic E-state index is 11.9. The predicted molar refractivity (Wildman–Crippen MR) is 86.7 cm³/mol. The van der Waals surface area contributed by atoms with Crippen LogP contribution in [-0.2, 0) is 11.8 Å². The quantitative estimate of drug-likeness (QED) is 0.942. The lowest BCUT2D eigenvalue weighted by molar-refractivity contribution is -0.118. The third-order valence-electron chi connectivity index (χ3n) is 3.21. The van der Waals surface area contributed by atoms with Gasteiger partial charge in [-0.2, -0.15) is 0 Å². The SMILES string of the molecule is Cc1cc(OCC(=O)Nc2cn(C)c(=O)cc2C)ccc1Cl. The first-order valence-corrected chi connectivity index (χ1v) is 7.10. The second-order valence-corrected chi connectivity index (χ2v) is 5.47. The van der Waals surface area contributed by atoms with Gasteiger partial charge in [0.25, 0.3) is 11.5 Å². The largest absolute Gasteiger partial charge is 0.484 e. The Bertz CT molecular complexity index is 768. The zero-order valence-corrected chi connectivity index (χ0v) is 13.4. The average Bonchev–Trinajstić information content (AvgIpc) is 2.46. The lowest BCUT2D eigenvalue weighted by atomic mass is 10.2. The van der Waals surface area contributed by atoms with Crippen molar-refractivity contribution in [1.82, 2.24) is 4.57 Å². The van der Waals surface area contributed by atoms with Crippen LogP contribution in [0.3, 0.4) is 0 Å². The highest BCUT2D eigenvalue weighted by molar-refractivity contribution is 6.31. The number of ether oxygens (including phenoxy) is 1. The van der Waals surface area contributed by atoms with E-state index in [1.165, 1.54) is 10.6 Å². The molecule has 1 amide bonds. The van der Waals surface area contributed by atoms with Crippen LogP contribution in [0.15, 0.2) is 35.3 Å². The maximum atomic E-state index is 11.9. The number of aryl methyl sites for hydroxylation is 3. The third kappa shape index (κ3) is 3.89. The van der Waals surface area contributed by atoms with Crippen molar-refractivity contribution in [2.24, 2.45) is 7.05 Å². The van der Waals surface area contributed by atoms with E-state index in [2.05, 4.69) is 5.32 Å². The fraction of sp³-hybridized carbons (Fsp3) is 0.250. The van der Waals surface area contributed by atoms with Gasteiger partial charge in [-0.15, -0.1) is 0 Å². The Morgan fingerprint density at radius 1 is 1.27 bits per heavy atom. The van der Waals surface area contributed by atoms with E-state index in [9.17, 15) is 9.59 Å². The van der Waals surface area contributed by atoms with E-state index < -0.39 is 0 Å². The molecule has 1 aromatic carbocycles. The van der Waals surface area contributed by atoms with Gasteiger partial charge in [-0.3, -0.25) is 9.59 Å². The summed E-state index contributed by atoms with van der Waals surface area (Å²) in [5, 5.41) is 3.38. The van der Waals surface area contributed by atoms with Crippen molar-refractivity contribution in [1.29, 1.82) is 0 Å². The number of anilines is 1. The molecule has 6 heteroatoms. The summed E-state index contributed by atoms with van der Waals surface area (Å²) in [6.45, 7) is 3.51. The number of benzene rings is 1. The van der Waals surface area contributed by atoms with Crippen molar-refractivity contribution in [2.45, 2.75) is 13.8 Å². The average molecular weight is 321 g/mol. The second-order valence-electron chi connectivity index (χ2n) is 5.07. The maximum Gasteiger partial charge on any atom is 0.262 e. The minimum Gasteiger partial charge on any atom is -0.484 e. The van der Waals surface area contributed by atoms with Gasteiger partial charge in [-0.05, 0) is 43.2 Å². The van der Waals surface area contributed by atoms with E-state index >= 15 is 0 Å². The fourth-order valence-electron chi connectivity index (χ4n) is 1.90. The Morgan fingerprint density at radius 3 is 2.68 bits per heavy atom. The van der Waals surface area contributed by atoms with Gasteiger partial charge in [0, 0.05) is 24.3 Å². The molecule has 0 radical (unpaired) electrons. The van der Waals surface area contributed by atoms with E-state index in [0.717, 1.165) is 5.56 Å². The van der Waals surface area contributed by atoms with Gasteiger partial charge in [0.1, 0.15) is 5.75 Å². The van der Waals surface area contributed by atoms with Gasteiger partial charge in [0.05, 0.1) is 5.69 Å². The summed E-state index contributed by atoms with van der Waals surface area (Å²) in [6, 6.07) is 6.67. The summed E-state index contributed by atoms with van der Waals surface area (Å²) in [4.78, 5) is 23.4. The van der Waals surface area contributed by atoms with E-state index in [1.54, 1.807) is 38.4 Å². The number of hydrogen-bond donors (Lipinski definition) is 1. The molecule has 0 unspecified atom stereocenters. The molecule has 0 bridgehead atoms. The zero-order valence-electron chi connectivity index (χ0n) is 12.6. The molecule has 1 aromatic heterocycles. The first-order valence-electron chi connectivity index (χ1n) is 6.73. The van der Waals surface area contributed by atoms with Crippen LogP contribution in [0, 0.1) is 13.8 Å². The molecule has 0 aliphatic rings. The molecule has 0 saturated heterocycles. The van der Waals surface area contributed by atoms with Crippen LogP contribution in [0.4, 0.5) is 5.69 Å². The molecular formula is C16H17ClN2O3. The van der Waals surface area contributed by atoms with E-state index in [-0.39, 0.29) is 18.1 Å². The molecule has 0 aliphatic carbocycles. The van der Waals surface area contributed by atoms with Crippen molar-refractivity contribution in [3.63, 3.8) is 0 Å². The van der Waals surface area contributed by atoms with Crippen LogP contribution in [-0.4, -0.2) is 17.1 Å². The summed E-state index contributed by atoms with van der Waals surface area (Å²) < 4.78 is 6.84. The van der Waals surface area contributed by atoms with Gasteiger partial charge in [-0.25, -0.2) is 0 Å². The lowest BCUT2D eigenvalue weighted by Crippen LogP contribution is -2.23. The van der Waals surface area contributed by atoms with Crippen LogP contribution < -0.4 is 15.6 Å². The van der Waals surface area contributed by atoms with Gasteiger partial charge in [0.2, 0.25) is 0 Å². The van der Waals surface area contributed by atoms with Crippen molar-refractivity contribution in [3.05, 3.63) is 57.0 Å². The third-order valence-corrected chi connectivity index (χ3v) is 3.63. The molecule has 22 heavy (non-hydrogen) atoms. The molecule has 0 spiro atoms. The molecule has 1 heterocycles. The van der Waals surface area contributed by atoms with Gasteiger partial charge in [0.15, 0.2) is 6.61 Å². The van der Waals surface area contributed by atoms with Crippen molar-refractivity contribution < 1.29 is 9.53 Å². The van der Waals surface area contributed by atoms with Crippen LogP contribution in [0.5, 0.6) is 5.75 Å². The molecule has 116 valence electrons. The predicted octanol–water partition coefficient (Wildman–Crippen LogP) is 2.67. The van der Waals surface area contributed by atoms with Gasteiger partial charge in [-0.1, -0.05) is 11.6 Å². The zero-order chi connectivity index (χ0) is 16.3. The number of hydrogen-bond acceptors (Lipinski definition) is 3. The number of rotatable bonds is 4. The normalized spacial score (nSPS) is 10.4. The van der Waals surface area contributed by atoms with Crippen LogP contribution in [0.1, 0.15) is 11.1 Å². The number of amides is 1. The summed E-state index contributed by atoms with van der Waals surface area (Å²) in [7, 11) is 1.63. The monoisotopic (exact) mass is 320 g/mol. The molecule has 0 aliphatic heterocycles. The van der Waals surface area contributed by atoms with Crippen LogP contribution in [0.2, 0.25) is 5.02 Å². The topological polar surface area (TPSA) is 60.3 Å². The summed E-state index contributed by atoms with van der Waals surface area (Å²) in [5.74, 6) is 0.281. The highest BCUT2D eigenvalue weighted by Gasteiger charge is 2.08. The molecule has 2 aromatic rings. The Labute approximate surface area is 133 Å².